The first-order chi connectivity index (χ1) is 12.6. The minimum atomic E-state index is -0.858. The number of hydrogen-bond donors (Lipinski definition) is 2. The van der Waals surface area contributed by atoms with Gasteiger partial charge in [0.15, 0.2) is 6.61 Å². The second-order valence-electron chi connectivity index (χ2n) is 5.64. The smallest absolute Gasteiger partial charge is 0.329 e. The molecule has 8 nitrogen and oxygen atoms in total. The van der Waals surface area contributed by atoms with Crippen molar-refractivity contribution in [3.8, 4) is 5.75 Å². The number of benzene rings is 1. The van der Waals surface area contributed by atoms with Gasteiger partial charge in [-0.1, -0.05) is 6.08 Å². The van der Waals surface area contributed by atoms with Gasteiger partial charge in [0.1, 0.15) is 5.75 Å². The monoisotopic (exact) mass is 358 g/mol. The molecule has 1 aromatic carbocycles. The quantitative estimate of drug-likeness (QED) is 0.320. The molecule has 0 spiro atoms. The fourth-order valence-electron chi connectivity index (χ4n) is 2.31. The van der Waals surface area contributed by atoms with E-state index in [2.05, 4.69) is 22.4 Å². The number of ether oxygens (including phenoxy) is 1. The molecule has 1 heterocycles. The lowest BCUT2D eigenvalue weighted by Crippen LogP contribution is -2.37. The average molecular weight is 358 g/mol. The van der Waals surface area contributed by atoms with Gasteiger partial charge in [0.25, 0.3) is 5.91 Å². The molecule has 3 amide bonds. The molecule has 26 heavy (non-hydrogen) atoms. The van der Waals surface area contributed by atoms with Crippen LogP contribution in [0.3, 0.4) is 0 Å². The van der Waals surface area contributed by atoms with Crippen molar-refractivity contribution in [2.75, 3.05) is 26.2 Å². The van der Waals surface area contributed by atoms with Gasteiger partial charge in [0, 0.05) is 19.6 Å². The number of hydrazone groups is 1. The molecular formula is C18H22N4O4. The Balaban J connectivity index is 1.75. The number of carbonyl (C=O) groups excluding carboxylic acids is 3. The van der Waals surface area contributed by atoms with Crippen LogP contribution in [0, 0.1) is 0 Å². The Morgan fingerprint density at radius 2 is 1.85 bits per heavy atom. The van der Waals surface area contributed by atoms with Crippen molar-refractivity contribution in [2.24, 2.45) is 5.10 Å². The predicted octanol–water partition coefficient (Wildman–Crippen LogP) is 0.440. The maximum atomic E-state index is 11.9. The maximum Gasteiger partial charge on any atom is 0.329 e. The van der Waals surface area contributed by atoms with E-state index < -0.39 is 11.8 Å². The zero-order chi connectivity index (χ0) is 18.8. The third-order valence-electron chi connectivity index (χ3n) is 3.69. The third-order valence-corrected chi connectivity index (χ3v) is 3.69. The zero-order valence-electron chi connectivity index (χ0n) is 14.4. The molecule has 2 N–H and O–H groups in total. The van der Waals surface area contributed by atoms with Crippen LogP contribution in [0.1, 0.15) is 18.4 Å². The molecule has 1 aromatic rings. The molecule has 0 saturated carbocycles. The zero-order valence-corrected chi connectivity index (χ0v) is 14.4. The van der Waals surface area contributed by atoms with Crippen LogP contribution in [-0.4, -0.2) is 55.1 Å². The summed E-state index contributed by atoms with van der Waals surface area (Å²) >= 11 is 0. The molecule has 0 bridgehead atoms. The summed E-state index contributed by atoms with van der Waals surface area (Å²) < 4.78 is 5.48. The van der Waals surface area contributed by atoms with Crippen molar-refractivity contribution in [3.63, 3.8) is 0 Å². The van der Waals surface area contributed by atoms with Gasteiger partial charge in [-0.05, 0) is 42.7 Å². The summed E-state index contributed by atoms with van der Waals surface area (Å²) in [7, 11) is 0. The first-order valence-electron chi connectivity index (χ1n) is 8.33. The summed E-state index contributed by atoms with van der Waals surface area (Å²) in [6.45, 7) is 5.26. The molecule has 2 rings (SSSR count). The summed E-state index contributed by atoms with van der Waals surface area (Å²) in [6, 6.07) is 6.86. The van der Waals surface area contributed by atoms with E-state index in [-0.39, 0.29) is 19.1 Å². The average Bonchev–Trinajstić information content (AvgIpc) is 3.20. The van der Waals surface area contributed by atoms with Gasteiger partial charge in [0.2, 0.25) is 0 Å². The van der Waals surface area contributed by atoms with Crippen LogP contribution in [-0.2, 0) is 14.4 Å². The lowest BCUT2D eigenvalue weighted by Gasteiger charge is -2.15. The molecule has 0 unspecified atom stereocenters. The highest BCUT2D eigenvalue weighted by atomic mass is 16.5. The van der Waals surface area contributed by atoms with E-state index in [1.807, 2.05) is 0 Å². The molecule has 0 aromatic heterocycles. The van der Waals surface area contributed by atoms with Crippen LogP contribution in [0.25, 0.3) is 0 Å². The highest BCUT2D eigenvalue weighted by Crippen LogP contribution is 2.12. The maximum absolute atomic E-state index is 11.9. The molecule has 0 aliphatic carbocycles. The lowest BCUT2D eigenvalue weighted by atomic mass is 10.2. The summed E-state index contributed by atoms with van der Waals surface area (Å²) in [5, 5.41) is 6.06. The van der Waals surface area contributed by atoms with Crippen molar-refractivity contribution in [3.05, 3.63) is 42.5 Å². The van der Waals surface area contributed by atoms with Gasteiger partial charge in [-0.15, -0.1) is 6.58 Å². The molecule has 1 fully saturated rings. The summed E-state index contributed by atoms with van der Waals surface area (Å²) in [6.07, 6.45) is 4.97. The standard InChI is InChI=1S/C18H22N4O4/c1-2-9-19-17(24)18(25)21-20-12-14-5-7-15(8-6-14)26-13-16(23)22-10-3-4-11-22/h2,5-8,12H,1,3-4,9-11,13H2,(H,19,24)(H,21,25)/b20-12-. The summed E-state index contributed by atoms with van der Waals surface area (Å²) in [5.41, 5.74) is 2.83. The number of nitrogens with one attached hydrogen (secondary N) is 2. The van der Waals surface area contributed by atoms with Gasteiger partial charge in [0.05, 0.1) is 6.21 Å². The Kier molecular flexibility index (Phi) is 7.35. The van der Waals surface area contributed by atoms with Crippen LogP contribution in [0.4, 0.5) is 0 Å². The fourth-order valence-corrected chi connectivity index (χ4v) is 2.31. The van der Waals surface area contributed by atoms with E-state index in [0.29, 0.717) is 11.3 Å². The van der Waals surface area contributed by atoms with Gasteiger partial charge in [-0.3, -0.25) is 14.4 Å². The lowest BCUT2D eigenvalue weighted by molar-refractivity contribution is -0.139. The van der Waals surface area contributed by atoms with Crippen LogP contribution < -0.4 is 15.5 Å². The van der Waals surface area contributed by atoms with Crippen molar-refractivity contribution in [1.82, 2.24) is 15.6 Å². The molecule has 1 saturated heterocycles. The van der Waals surface area contributed by atoms with Crippen LogP contribution in [0.5, 0.6) is 5.75 Å². The first kappa shape index (κ1) is 19.2. The number of hydrogen-bond acceptors (Lipinski definition) is 5. The number of amides is 3. The van der Waals surface area contributed by atoms with E-state index in [4.69, 9.17) is 4.74 Å². The highest BCUT2D eigenvalue weighted by Gasteiger charge is 2.18. The Hall–Kier alpha value is -3.16. The Labute approximate surface area is 151 Å². The minimum Gasteiger partial charge on any atom is -0.484 e. The van der Waals surface area contributed by atoms with Crippen LogP contribution >= 0.6 is 0 Å². The van der Waals surface area contributed by atoms with Crippen molar-refractivity contribution in [1.29, 1.82) is 0 Å². The molecular weight excluding hydrogens is 336 g/mol. The topological polar surface area (TPSA) is 100 Å². The first-order valence-corrected chi connectivity index (χ1v) is 8.33. The van der Waals surface area contributed by atoms with E-state index in [1.165, 1.54) is 12.3 Å². The van der Waals surface area contributed by atoms with E-state index >= 15 is 0 Å². The molecule has 138 valence electrons. The normalized spacial score (nSPS) is 13.5. The molecule has 1 aliphatic rings. The predicted molar refractivity (Wildman–Crippen MR) is 96.7 cm³/mol. The Bertz CT molecular complexity index is 679. The Morgan fingerprint density at radius 3 is 2.50 bits per heavy atom. The number of carbonyl (C=O) groups is 3. The minimum absolute atomic E-state index is 0.00872. The molecule has 0 atom stereocenters. The van der Waals surface area contributed by atoms with Crippen molar-refractivity contribution in [2.45, 2.75) is 12.8 Å². The van der Waals surface area contributed by atoms with Gasteiger partial charge in [-0.25, -0.2) is 5.43 Å². The molecule has 8 heteroatoms. The van der Waals surface area contributed by atoms with E-state index in [0.717, 1.165) is 25.9 Å². The third kappa shape index (κ3) is 6.04. The Morgan fingerprint density at radius 1 is 1.15 bits per heavy atom. The van der Waals surface area contributed by atoms with Crippen LogP contribution in [0.15, 0.2) is 42.0 Å². The van der Waals surface area contributed by atoms with Crippen molar-refractivity contribution < 1.29 is 19.1 Å². The highest BCUT2D eigenvalue weighted by molar-refractivity contribution is 6.35. The SMILES string of the molecule is C=CCNC(=O)C(=O)N/N=C\c1ccc(OCC(=O)N2CCCC2)cc1. The van der Waals surface area contributed by atoms with E-state index in [9.17, 15) is 14.4 Å². The largest absolute Gasteiger partial charge is 0.484 e. The van der Waals surface area contributed by atoms with Gasteiger partial charge >= 0.3 is 11.8 Å². The van der Waals surface area contributed by atoms with Gasteiger partial charge < -0.3 is 15.0 Å². The second-order valence-corrected chi connectivity index (χ2v) is 5.64. The van der Waals surface area contributed by atoms with E-state index in [1.54, 1.807) is 29.2 Å². The number of nitrogens with zero attached hydrogens (tertiary/aromatic N) is 2. The number of rotatable bonds is 7. The fraction of sp³-hybridized carbons (Fsp3) is 0.333. The summed E-state index contributed by atoms with van der Waals surface area (Å²) in [5.74, 6) is -1.08. The molecule has 0 radical (unpaired) electrons. The van der Waals surface area contributed by atoms with Gasteiger partial charge in [-0.2, -0.15) is 5.10 Å². The number of likely N-dealkylation sites (tertiary alicyclic amines) is 1. The second kappa shape index (κ2) is 9.97. The van der Waals surface area contributed by atoms with Crippen molar-refractivity contribution >= 4 is 23.9 Å². The summed E-state index contributed by atoms with van der Waals surface area (Å²) in [4.78, 5) is 36.5. The molecule has 1 aliphatic heterocycles. The van der Waals surface area contributed by atoms with Crippen LogP contribution in [0.2, 0.25) is 0 Å².